The van der Waals surface area contributed by atoms with E-state index >= 15 is 0 Å². The van der Waals surface area contributed by atoms with E-state index < -0.39 is 0 Å². The first-order chi connectivity index (χ1) is 8.63. The van der Waals surface area contributed by atoms with Crippen molar-refractivity contribution in [3.05, 3.63) is 30.2 Å². The van der Waals surface area contributed by atoms with Crippen LogP contribution < -0.4 is 4.74 Å². The summed E-state index contributed by atoms with van der Waals surface area (Å²) in [6, 6.07) is 6.31. The van der Waals surface area contributed by atoms with Gasteiger partial charge in [-0.3, -0.25) is 0 Å². The average Bonchev–Trinajstić information content (AvgIpc) is 3.03. The summed E-state index contributed by atoms with van der Waals surface area (Å²) in [4.78, 5) is 2.23. The molecule has 0 spiro atoms. The van der Waals surface area contributed by atoms with E-state index in [1.807, 2.05) is 18.3 Å². The zero-order valence-electron chi connectivity index (χ0n) is 10.9. The Morgan fingerprint density at radius 3 is 2.72 bits per heavy atom. The van der Waals surface area contributed by atoms with Crippen molar-refractivity contribution in [2.75, 3.05) is 21.2 Å². The molecule has 4 heteroatoms. The SMILES string of the molecule is COc1c(F)ccc2c1ccn2C1CC1N(C)C. The molecule has 0 bridgehead atoms. The highest BCUT2D eigenvalue weighted by atomic mass is 19.1. The fraction of sp³-hybridized carbons (Fsp3) is 0.429. The van der Waals surface area contributed by atoms with Gasteiger partial charge in [0, 0.05) is 17.6 Å². The monoisotopic (exact) mass is 248 g/mol. The van der Waals surface area contributed by atoms with Gasteiger partial charge in [-0.2, -0.15) is 0 Å². The number of hydrogen-bond acceptors (Lipinski definition) is 2. The number of aromatic nitrogens is 1. The molecule has 1 aromatic heterocycles. The third-order valence-electron chi connectivity index (χ3n) is 3.75. The van der Waals surface area contributed by atoms with Crippen LogP contribution >= 0.6 is 0 Å². The summed E-state index contributed by atoms with van der Waals surface area (Å²) in [5.41, 5.74) is 1.04. The van der Waals surface area contributed by atoms with Gasteiger partial charge < -0.3 is 14.2 Å². The first kappa shape index (κ1) is 11.5. The van der Waals surface area contributed by atoms with Crippen LogP contribution in [0.4, 0.5) is 4.39 Å². The Bertz CT molecular complexity index is 591. The highest BCUT2D eigenvalue weighted by Crippen LogP contribution is 2.42. The van der Waals surface area contributed by atoms with Crippen LogP contribution in [-0.4, -0.2) is 36.7 Å². The zero-order chi connectivity index (χ0) is 12.9. The Morgan fingerprint density at radius 2 is 2.11 bits per heavy atom. The Balaban J connectivity index is 2.06. The number of halogens is 1. The second-order valence-corrected chi connectivity index (χ2v) is 5.07. The van der Waals surface area contributed by atoms with Crippen LogP contribution in [-0.2, 0) is 0 Å². The van der Waals surface area contributed by atoms with Crippen molar-refractivity contribution in [3.63, 3.8) is 0 Å². The van der Waals surface area contributed by atoms with E-state index in [4.69, 9.17) is 4.74 Å². The van der Waals surface area contributed by atoms with Crippen molar-refractivity contribution < 1.29 is 9.13 Å². The van der Waals surface area contributed by atoms with Gasteiger partial charge in [0.15, 0.2) is 11.6 Å². The minimum atomic E-state index is -0.303. The highest BCUT2D eigenvalue weighted by Gasteiger charge is 2.40. The molecular formula is C14H17FN2O. The molecule has 1 fully saturated rings. The molecule has 1 aliphatic rings. The second kappa shape index (κ2) is 3.99. The lowest BCUT2D eigenvalue weighted by Crippen LogP contribution is -2.17. The van der Waals surface area contributed by atoms with Crippen molar-refractivity contribution in [2.45, 2.75) is 18.5 Å². The van der Waals surface area contributed by atoms with Crippen molar-refractivity contribution in [2.24, 2.45) is 0 Å². The topological polar surface area (TPSA) is 17.4 Å². The van der Waals surface area contributed by atoms with E-state index in [2.05, 4.69) is 23.6 Å². The van der Waals surface area contributed by atoms with Gasteiger partial charge in [0.1, 0.15) is 0 Å². The number of fused-ring (bicyclic) bond motifs is 1. The largest absolute Gasteiger partial charge is 0.493 e. The molecule has 0 N–H and O–H groups in total. The molecule has 0 amide bonds. The Kier molecular flexibility index (Phi) is 2.55. The maximum atomic E-state index is 13.6. The number of likely N-dealkylation sites (N-methyl/N-ethyl adjacent to an activating group) is 1. The van der Waals surface area contributed by atoms with Crippen molar-refractivity contribution in [1.29, 1.82) is 0 Å². The summed E-state index contributed by atoms with van der Waals surface area (Å²) in [6.45, 7) is 0. The van der Waals surface area contributed by atoms with Crippen LogP contribution in [0.2, 0.25) is 0 Å². The van der Waals surface area contributed by atoms with E-state index in [-0.39, 0.29) is 5.82 Å². The summed E-state index contributed by atoms with van der Waals surface area (Å²) in [6.07, 6.45) is 3.18. The highest BCUT2D eigenvalue weighted by molar-refractivity contribution is 5.87. The van der Waals surface area contributed by atoms with E-state index in [0.717, 1.165) is 17.3 Å². The Hall–Kier alpha value is -1.55. The van der Waals surface area contributed by atoms with Gasteiger partial charge in [-0.1, -0.05) is 0 Å². The summed E-state index contributed by atoms with van der Waals surface area (Å²) < 4.78 is 21.0. The lowest BCUT2D eigenvalue weighted by Gasteiger charge is -2.11. The molecule has 1 heterocycles. The third-order valence-corrected chi connectivity index (χ3v) is 3.75. The lowest BCUT2D eigenvalue weighted by molar-refractivity contribution is 0.377. The van der Waals surface area contributed by atoms with Gasteiger partial charge in [0.05, 0.1) is 18.7 Å². The average molecular weight is 248 g/mol. The molecule has 2 atom stereocenters. The molecule has 0 radical (unpaired) electrons. The molecule has 3 nitrogen and oxygen atoms in total. The van der Waals surface area contributed by atoms with Gasteiger partial charge in [-0.25, -0.2) is 4.39 Å². The number of hydrogen-bond donors (Lipinski definition) is 0. The van der Waals surface area contributed by atoms with Gasteiger partial charge >= 0.3 is 0 Å². The minimum Gasteiger partial charge on any atom is -0.493 e. The second-order valence-electron chi connectivity index (χ2n) is 5.07. The predicted octanol–water partition coefficient (Wildman–Crippen LogP) is 2.66. The van der Waals surface area contributed by atoms with Crippen LogP contribution in [0.15, 0.2) is 24.4 Å². The quantitative estimate of drug-likeness (QED) is 0.831. The molecular weight excluding hydrogens is 231 g/mol. The smallest absolute Gasteiger partial charge is 0.165 e. The molecule has 0 aliphatic heterocycles. The van der Waals surface area contributed by atoms with Gasteiger partial charge in [-0.05, 0) is 38.7 Å². The van der Waals surface area contributed by atoms with Gasteiger partial charge in [0.2, 0.25) is 0 Å². The van der Waals surface area contributed by atoms with Crippen LogP contribution in [0.25, 0.3) is 10.9 Å². The van der Waals surface area contributed by atoms with E-state index in [1.54, 1.807) is 0 Å². The van der Waals surface area contributed by atoms with Gasteiger partial charge in [-0.15, -0.1) is 0 Å². The fourth-order valence-electron chi connectivity index (χ4n) is 2.70. The molecule has 18 heavy (non-hydrogen) atoms. The first-order valence-corrected chi connectivity index (χ1v) is 6.13. The number of ether oxygens (including phenoxy) is 1. The predicted molar refractivity (Wildman–Crippen MR) is 69.6 cm³/mol. The number of methoxy groups -OCH3 is 1. The first-order valence-electron chi connectivity index (χ1n) is 6.13. The van der Waals surface area contributed by atoms with Crippen molar-refractivity contribution >= 4 is 10.9 Å². The molecule has 1 aliphatic carbocycles. The maximum Gasteiger partial charge on any atom is 0.165 e. The van der Waals surface area contributed by atoms with Crippen LogP contribution in [0.3, 0.4) is 0 Å². The third kappa shape index (κ3) is 1.60. The summed E-state index contributed by atoms with van der Waals surface area (Å²) in [5, 5.41) is 0.849. The molecule has 1 saturated carbocycles. The van der Waals surface area contributed by atoms with E-state index in [1.165, 1.54) is 13.2 Å². The summed E-state index contributed by atoms with van der Waals surface area (Å²) in [7, 11) is 5.70. The molecule has 2 aromatic rings. The van der Waals surface area contributed by atoms with Gasteiger partial charge in [0.25, 0.3) is 0 Å². The van der Waals surface area contributed by atoms with Crippen LogP contribution in [0.1, 0.15) is 12.5 Å². The number of rotatable bonds is 3. The van der Waals surface area contributed by atoms with E-state index in [9.17, 15) is 4.39 Å². The van der Waals surface area contributed by atoms with Crippen molar-refractivity contribution in [3.8, 4) is 5.75 Å². The number of benzene rings is 1. The minimum absolute atomic E-state index is 0.303. The van der Waals surface area contributed by atoms with Crippen LogP contribution in [0.5, 0.6) is 5.75 Å². The molecule has 1 aromatic carbocycles. The molecule has 2 unspecified atom stereocenters. The molecule has 3 rings (SSSR count). The molecule has 0 saturated heterocycles. The molecule has 96 valence electrons. The number of nitrogens with zero attached hydrogens (tertiary/aromatic N) is 2. The van der Waals surface area contributed by atoms with Crippen molar-refractivity contribution in [1.82, 2.24) is 9.47 Å². The zero-order valence-corrected chi connectivity index (χ0v) is 10.9. The van der Waals surface area contributed by atoms with Crippen LogP contribution in [0, 0.1) is 5.82 Å². The summed E-state index contributed by atoms with van der Waals surface area (Å²) in [5.74, 6) is 0.0380. The lowest BCUT2D eigenvalue weighted by atomic mass is 10.2. The fourth-order valence-corrected chi connectivity index (χ4v) is 2.70. The standard InChI is InChI=1S/C14H17FN2O/c1-16(2)12-8-13(12)17-7-6-9-11(17)5-4-10(15)14(9)18-3/h4-7,12-13H,8H2,1-3H3. The Morgan fingerprint density at radius 1 is 1.33 bits per heavy atom. The van der Waals surface area contributed by atoms with E-state index in [0.29, 0.717) is 17.8 Å². The normalized spacial score (nSPS) is 22.7. The Labute approximate surface area is 106 Å². The summed E-state index contributed by atoms with van der Waals surface area (Å²) >= 11 is 0. The maximum absolute atomic E-state index is 13.6.